The first kappa shape index (κ1) is 54.5. The highest BCUT2D eigenvalue weighted by Gasteiger charge is 2.35. The minimum Gasteiger partial charge on any atom is -0.370 e. The Bertz CT molecular complexity index is 2280. The van der Waals surface area contributed by atoms with E-state index in [0.29, 0.717) is 16.7 Å². The molecule has 1 heterocycles. The van der Waals surface area contributed by atoms with Gasteiger partial charge in [-0.3, -0.25) is 48.6 Å². The molecule has 0 unspecified atom stereocenters. The maximum atomic E-state index is 14.5. The zero-order valence-electron chi connectivity index (χ0n) is 37.9. The lowest BCUT2D eigenvalue weighted by molar-refractivity contribution is -0.136. The van der Waals surface area contributed by atoms with Crippen LogP contribution in [-0.4, -0.2) is 126 Å². The first-order valence-corrected chi connectivity index (χ1v) is 23.4. The van der Waals surface area contributed by atoms with E-state index in [9.17, 15) is 43.2 Å². The smallest absolute Gasteiger partial charge is 0.244 e. The molecule has 0 bridgehead atoms. The molecule has 0 spiro atoms. The molecule has 9 amide bonds. The number of nitrogens with two attached hydrogens (primary N) is 2. The van der Waals surface area contributed by atoms with Gasteiger partial charge in [0.15, 0.2) is 5.96 Å². The van der Waals surface area contributed by atoms with Gasteiger partial charge in [0, 0.05) is 37.3 Å². The Kier molecular flexibility index (Phi) is 21.8. The SMILES string of the molecule is C[C@@H]1NC(=O)[C@H](CC(N)=O)NC(=O)[C@H](Cc2ccccc2)NC(=O)[C@H](Cc2ccccc2)NC(=O)[C@H](CCCNC(=N)N)NC(=O)[C@H](CS)NC(=O)[C@H](CS)NC(=O)[C@H](Cc2ccccc2)NC1=O. The molecular weight excluding hydrogens is 929 g/mol. The van der Waals surface area contributed by atoms with Crippen LogP contribution < -0.4 is 59.3 Å². The average molecular weight is 989 g/mol. The van der Waals surface area contributed by atoms with Crippen molar-refractivity contribution in [1.29, 1.82) is 5.41 Å². The van der Waals surface area contributed by atoms with Gasteiger partial charge in [-0.25, -0.2) is 0 Å². The fourth-order valence-corrected chi connectivity index (χ4v) is 7.60. The summed E-state index contributed by atoms with van der Waals surface area (Å²) in [5, 5.41) is 30.8. The Labute approximate surface area is 410 Å². The number of benzene rings is 3. The summed E-state index contributed by atoms with van der Waals surface area (Å²) in [6.07, 6.45) is -0.914. The van der Waals surface area contributed by atoms with Crippen molar-refractivity contribution >= 4 is 84.4 Å². The number of carbonyl (C=O) groups excluding carboxylic acids is 9. The van der Waals surface area contributed by atoms with Crippen LogP contribution in [0, 0.1) is 5.41 Å². The lowest BCUT2D eigenvalue weighted by Crippen LogP contribution is -2.62. The Balaban J connectivity index is 1.79. The van der Waals surface area contributed by atoms with E-state index in [1.807, 2.05) is 0 Å². The van der Waals surface area contributed by atoms with Crippen LogP contribution in [0.2, 0.25) is 0 Å². The van der Waals surface area contributed by atoms with E-state index in [1.54, 1.807) is 91.0 Å². The van der Waals surface area contributed by atoms with E-state index in [1.165, 1.54) is 6.92 Å². The largest absolute Gasteiger partial charge is 0.370 e. The Hall–Kier alpha value is -7.14. The Morgan fingerprint density at radius 1 is 0.493 bits per heavy atom. The molecule has 3 aromatic carbocycles. The third-order valence-electron chi connectivity index (χ3n) is 10.8. The first-order chi connectivity index (χ1) is 33.0. The fourth-order valence-electron chi connectivity index (χ4n) is 7.08. The first-order valence-electron chi connectivity index (χ1n) is 22.1. The number of rotatable bonds is 14. The molecule has 370 valence electrons. The number of primary amides is 1. The number of nitrogens with one attached hydrogen (secondary N) is 10. The molecule has 14 N–H and O–H groups in total. The standard InChI is InChI=1S/C46H60N12O9S2/c1-26-38(60)53-31(20-27-12-5-2-6-13-27)43(65)57-36(25-69)45(67)58-35(24-68)44(66)52-30(18-11-19-50-46(48)49)39(61)54-32(21-28-14-7-3-8-15-28)41(63)55-33(22-29-16-9-4-10-17-29)42(64)56-34(23-37(47)59)40(62)51-26/h2-10,12-17,26,30-36,68-69H,11,18-25H2,1H3,(H2,47,59)(H,51,62)(H,52,66)(H,53,60)(H,54,61)(H,55,63)(H,56,64)(H,57,65)(H,58,67)(H4,48,49,50)/t26-,30-,31-,32-,33-,34-,35-,36-/m0/s1. The molecule has 0 aliphatic carbocycles. The second kappa shape index (κ2) is 27.6. The predicted octanol–water partition coefficient (Wildman–Crippen LogP) is -2.38. The Morgan fingerprint density at radius 3 is 1.19 bits per heavy atom. The van der Waals surface area contributed by atoms with Crippen molar-refractivity contribution < 1.29 is 43.2 Å². The van der Waals surface area contributed by atoms with Crippen molar-refractivity contribution in [1.82, 2.24) is 47.9 Å². The van der Waals surface area contributed by atoms with Gasteiger partial charge in [-0.15, -0.1) is 0 Å². The van der Waals surface area contributed by atoms with E-state index in [0.717, 1.165) is 0 Å². The molecule has 0 saturated carbocycles. The number of thiol groups is 2. The van der Waals surface area contributed by atoms with Crippen LogP contribution in [0.25, 0.3) is 0 Å². The molecule has 69 heavy (non-hydrogen) atoms. The van der Waals surface area contributed by atoms with E-state index in [4.69, 9.17) is 16.9 Å². The van der Waals surface area contributed by atoms with Crippen LogP contribution in [0.1, 0.15) is 42.9 Å². The molecule has 4 rings (SSSR count). The molecule has 1 aliphatic rings. The molecule has 1 saturated heterocycles. The van der Waals surface area contributed by atoms with Gasteiger partial charge in [0.05, 0.1) is 6.42 Å². The van der Waals surface area contributed by atoms with E-state index >= 15 is 0 Å². The maximum absolute atomic E-state index is 14.5. The molecule has 1 aliphatic heterocycles. The molecule has 21 nitrogen and oxygen atoms in total. The number of carbonyl (C=O) groups is 9. The summed E-state index contributed by atoms with van der Waals surface area (Å²) in [6.45, 7) is 1.42. The minimum absolute atomic E-state index is 0.0599. The van der Waals surface area contributed by atoms with Gasteiger partial charge in [0.25, 0.3) is 0 Å². The summed E-state index contributed by atoms with van der Waals surface area (Å²) < 4.78 is 0. The van der Waals surface area contributed by atoms with Gasteiger partial charge < -0.3 is 59.3 Å². The van der Waals surface area contributed by atoms with E-state index in [2.05, 4.69) is 73.1 Å². The summed E-state index contributed by atoms with van der Waals surface area (Å²) in [5.41, 5.74) is 12.8. The lowest BCUT2D eigenvalue weighted by atomic mass is 10.0. The number of hydrogen-bond donors (Lipinski definition) is 14. The predicted molar refractivity (Wildman–Crippen MR) is 262 cm³/mol. The highest BCUT2D eigenvalue weighted by molar-refractivity contribution is 7.80. The molecule has 23 heteroatoms. The van der Waals surface area contributed by atoms with Crippen molar-refractivity contribution in [3.05, 3.63) is 108 Å². The van der Waals surface area contributed by atoms with E-state index < -0.39 is 108 Å². The third-order valence-corrected chi connectivity index (χ3v) is 11.5. The van der Waals surface area contributed by atoms with Crippen molar-refractivity contribution in [3.8, 4) is 0 Å². The van der Waals surface area contributed by atoms with Crippen molar-refractivity contribution in [2.45, 2.75) is 93.8 Å². The third kappa shape index (κ3) is 18.1. The van der Waals surface area contributed by atoms with Gasteiger partial charge in [-0.05, 0) is 36.5 Å². The topological polar surface area (TPSA) is 338 Å². The number of guanidine groups is 1. The highest BCUT2D eigenvalue weighted by atomic mass is 32.1. The van der Waals surface area contributed by atoms with Crippen LogP contribution in [0.3, 0.4) is 0 Å². The Morgan fingerprint density at radius 2 is 0.812 bits per heavy atom. The summed E-state index contributed by atoms with van der Waals surface area (Å²) in [6, 6.07) is 14.5. The summed E-state index contributed by atoms with van der Waals surface area (Å²) in [4.78, 5) is 124. The molecule has 1 fully saturated rings. The maximum Gasteiger partial charge on any atom is 0.244 e. The zero-order valence-corrected chi connectivity index (χ0v) is 39.7. The summed E-state index contributed by atoms with van der Waals surface area (Å²) in [5.74, 6) is -8.85. The van der Waals surface area contributed by atoms with Gasteiger partial charge in [0.2, 0.25) is 53.2 Å². The van der Waals surface area contributed by atoms with Crippen LogP contribution in [0.4, 0.5) is 0 Å². The molecule has 8 atom stereocenters. The average Bonchev–Trinajstić information content (AvgIpc) is 3.32. The van der Waals surface area contributed by atoms with Crippen LogP contribution >= 0.6 is 25.3 Å². The molecule has 3 aromatic rings. The summed E-state index contributed by atoms with van der Waals surface area (Å²) >= 11 is 8.54. The van der Waals surface area contributed by atoms with E-state index in [-0.39, 0.29) is 56.1 Å². The molecule has 0 radical (unpaired) electrons. The zero-order chi connectivity index (χ0) is 50.5. The normalized spacial score (nSPS) is 23.8. The van der Waals surface area contributed by atoms with Gasteiger partial charge in [0.1, 0.15) is 48.3 Å². The van der Waals surface area contributed by atoms with Crippen molar-refractivity contribution in [3.63, 3.8) is 0 Å². The van der Waals surface area contributed by atoms with Gasteiger partial charge in [-0.2, -0.15) is 25.3 Å². The highest BCUT2D eigenvalue weighted by Crippen LogP contribution is 2.11. The quantitative estimate of drug-likeness (QED) is 0.0350. The minimum atomic E-state index is -1.66. The monoisotopic (exact) mass is 988 g/mol. The number of hydrogen-bond acceptors (Lipinski definition) is 12. The lowest BCUT2D eigenvalue weighted by Gasteiger charge is -2.28. The van der Waals surface area contributed by atoms with Crippen molar-refractivity contribution in [2.24, 2.45) is 11.5 Å². The molecular formula is C46H60N12O9S2. The van der Waals surface area contributed by atoms with Crippen LogP contribution in [-0.2, 0) is 62.4 Å². The fraction of sp³-hybridized carbons (Fsp3) is 0.391. The number of amides is 9. The van der Waals surface area contributed by atoms with Crippen molar-refractivity contribution in [2.75, 3.05) is 18.1 Å². The van der Waals surface area contributed by atoms with Crippen LogP contribution in [0.15, 0.2) is 91.0 Å². The van der Waals surface area contributed by atoms with Gasteiger partial charge >= 0.3 is 0 Å². The second-order valence-electron chi connectivity index (χ2n) is 16.2. The van der Waals surface area contributed by atoms with Gasteiger partial charge in [-0.1, -0.05) is 91.0 Å². The molecule has 0 aromatic heterocycles. The van der Waals surface area contributed by atoms with Crippen LogP contribution in [0.5, 0.6) is 0 Å². The summed E-state index contributed by atoms with van der Waals surface area (Å²) in [7, 11) is 0. The second-order valence-corrected chi connectivity index (χ2v) is 17.0.